The molecule has 0 saturated carbocycles. The van der Waals surface area contributed by atoms with E-state index in [1.54, 1.807) is 7.11 Å². The van der Waals surface area contributed by atoms with E-state index in [2.05, 4.69) is 15.9 Å². The SMILES string of the molecule is COc1ccc([C@H](O)CCN)cc1Br. The lowest BCUT2D eigenvalue weighted by Gasteiger charge is -2.11. The molecule has 0 fully saturated rings. The number of nitrogens with two attached hydrogens (primary N) is 1. The highest BCUT2D eigenvalue weighted by molar-refractivity contribution is 9.10. The molecule has 78 valence electrons. The maximum absolute atomic E-state index is 9.67. The Morgan fingerprint density at radius 3 is 2.79 bits per heavy atom. The highest BCUT2D eigenvalue weighted by Gasteiger charge is 2.08. The van der Waals surface area contributed by atoms with Crippen LogP contribution in [0, 0.1) is 0 Å². The first-order chi connectivity index (χ1) is 6.69. The van der Waals surface area contributed by atoms with Gasteiger partial charge in [0.1, 0.15) is 5.75 Å². The molecule has 0 aliphatic rings. The zero-order valence-corrected chi connectivity index (χ0v) is 9.62. The molecular formula is C10H14BrNO2. The third-order valence-electron chi connectivity index (χ3n) is 2.00. The topological polar surface area (TPSA) is 55.5 Å². The maximum Gasteiger partial charge on any atom is 0.133 e. The Hall–Kier alpha value is -0.580. The first-order valence-corrected chi connectivity index (χ1v) is 5.20. The van der Waals surface area contributed by atoms with Crippen molar-refractivity contribution in [2.75, 3.05) is 13.7 Å². The van der Waals surface area contributed by atoms with E-state index >= 15 is 0 Å². The van der Waals surface area contributed by atoms with E-state index in [1.165, 1.54) is 0 Å². The average molecular weight is 260 g/mol. The summed E-state index contributed by atoms with van der Waals surface area (Å²) in [6.07, 6.45) is 0.0703. The molecule has 0 spiro atoms. The molecule has 14 heavy (non-hydrogen) atoms. The molecule has 0 bridgehead atoms. The number of rotatable bonds is 4. The Morgan fingerprint density at radius 1 is 1.57 bits per heavy atom. The van der Waals surface area contributed by atoms with Crippen LogP contribution in [0.15, 0.2) is 22.7 Å². The molecule has 0 unspecified atom stereocenters. The fourth-order valence-corrected chi connectivity index (χ4v) is 1.77. The van der Waals surface area contributed by atoms with Crippen LogP contribution < -0.4 is 10.5 Å². The Labute approximate surface area is 92.0 Å². The number of methoxy groups -OCH3 is 1. The molecule has 0 amide bonds. The molecule has 0 aliphatic heterocycles. The number of hydrogen-bond acceptors (Lipinski definition) is 3. The highest BCUT2D eigenvalue weighted by Crippen LogP contribution is 2.28. The molecule has 0 aliphatic carbocycles. The van der Waals surface area contributed by atoms with Gasteiger partial charge in [0, 0.05) is 0 Å². The van der Waals surface area contributed by atoms with Crippen LogP contribution in [0.4, 0.5) is 0 Å². The third-order valence-corrected chi connectivity index (χ3v) is 2.62. The number of ether oxygens (including phenoxy) is 1. The fraction of sp³-hybridized carbons (Fsp3) is 0.400. The van der Waals surface area contributed by atoms with Crippen molar-refractivity contribution >= 4 is 15.9 Å². The molecule has 0 saturated heterocycles. The average Bonchev–Trinajstić information content (AvgIpc) is 2.18. The second-order valence-electron chi connectivity index (χ2n) is 2.99. The summed E-state index contributed by atoms with van der Waals surface area (Å²) < 4.78 is 5.93. The van der Waals surface area contributed by atoms with Crippen LogP contribution in [-0.4, -0.2) is 18.8 Å². The Morgan fingerprint density at radius 2 is 2.29 bits per heavy atom. The molecule has 4 heteroatoms. The van der Waals surface area contributed by atoms with Crippen molar-refractivity contribution in [3.63, 3.8) is 0 Å². The van der Waals surface area contributed by atoms with Gasteiger partial charge in [0.15, 0.2) is 0 Å². The minimum absolute atomic E-state index is 0.477. The molecule has 1 atom stereocenters. The molecule has 1 aromatic rings. The van der Waals surface area contributed by atoms with Crippen molar-refractivity contribution in [2.45, 2.75) is 12.5 Å². The van der Waals surface area contributed by atoms with E-state index < -0.39 is 6.10 Å². The molecule has 1 rings (SSSR count). The smallest absolute Gasteiger partial charge is 0.133 e. The molecule has 3 N–H and O–H groups in total. The van der Waals surface area contributed by atoms with Crippen molar-refractivity contribution in [3.8, 4) is 5.75 Å². The lowest BCUT2D eigenvalue weighted by molar-refractivity contribution is 0.170. The van der Waals surface area contributed by atoms with Crippen molar-refractivity contribution in [1.82, 2.24) is 0 Å². The normalized spacial score (nSPS) is 12.6. The third kappa shape index (κ3) is 2.70. The quantitative estimate of drug-likeness (QED) is 0.868. The predicted octanol–water partition coefficient (Wildman–Crippen LogP) is 1.84. The summed E-state index contributed by atoms with van der Waals surface area (Å²) in [6.45, 7) is 0.477. The van der Waals surface area contributed by atoms with Crippen molar-refractivity contribution < 1.29 is 9.84 Å². The monoisotopic (exact) mass is 259 g/mol. The van der Waals surface area contributed by atoms with Crippen LogP contribution in [0.3, 0.4) is 0 Å². The fourth-order valence-electron chi connectivity index (χ4n) is 1.21. The zero-order valence-electron chi connectivity index (χ0n) is 8.03. The standard InChI is InChI=1S/C10H14BrNO2/c1-14-10-3-2-7(6-8(10)11)9(13)4-5-12/h2-3,6,9,13H,4-5,12H2,1H3/t9-/m1/s1. The number of hydrogen-bond donors (Lipinski definition) is 2. The summed E-state index contributed by atoms with van der Waals surface area (Å²) in [6, 6.07) is 5.50. The molecule has 0 aromatic heterocycles. The van der Waals surface area contributed by atoms with E-state index in [1.807, 2.05) is 18.2 Å². The van der Waals surface area contributed by atoms with Gasteiger partial charge in [-0.3, -0.25) is 0 Å². The summed E-state index contributed by atoms with van der Waals surface area (Å²) in [7, 11) is 1.61. The second-order valence-corrected chi connectivity index (χ2v) is 3.84. The maximum atomic E-state index is 9.67. The summed E-state index contributed by atoms with van der Waals surface area (Å²) in [5.74, 6) is 0.758. The molecule has 1 aromatic carbocycles. The Bertz CT molecular complexity index is 304. The van der Waals surface area contributed by atoms with E-state index in [-0.39, 0.29) is 0 Å². The van der Waals surface area contributed by atoms with Gasteiger partial charge < -0.3 is 15.6 Å². The van der Waals surface area contributed by atoms with E-state index in [0.717, 1.165) is 15.8 Å². The van der Waals surface area contributed by atoms with Gasteiger partial charge in [-0.2, -0.15) is 0 Å². The first-order valence-electron chi connectivity index (χ1n) is 4.40. The van der Waals surface area contributed by atoms with Gasteiger partial charge in [-0.1, -0.05) is 6.07 Å². The Kier molecular flexibility index (Phi) is 4.38. The highest BCUT2D eigenvalue weighted by atomic mass is 79.9. The first kappa shape index (κ1) is 11.5. The summed E-state index contributed by atoms with van der Waals surface area (Å²) in [5, 5.41) is 9.67. The van der Waals surface area contributed by atoms with Gasteiger partial charge in [0.25, 0.3) is 0 Å². The predicted molar refractivity (Wildman–Crippen MR) is 59.3 cm³/mol. The van der Waals surface area contributed by atoms with Gasteiger partial charge >= 0.3 is 0 Å². The number of aliphatic hydroxyl groups excluding tert-OH is 1. The van der Waals surface area contributed by atoms with Gasteiger partial charge in [-0.15, -0.1) is 0 Å². The molecule has 0 radical (unpaired) electrons. The van der Waals surface area contributed by atoms with E-state index in [4.69, 9.17) is 10.5 Å². The number of benzene rings is 1. The van der Waals surface area contributed by atoms with Gasteiger partial charge in [0.2, 0.25) is 0 Å². The summed E-state index contributed by atoms with van der Waals surface area (Å²) in [4.78, 5) is 0. The van der Waals surface area contributed by atoms with Crippen LogP contribution in [0.5, 0.6) is 5.75 Å². The zero-order chi connectivity index (χ0) is 10.6. The van der Waals surface area contributed by atoms with Crippen molar-refractivity contribution in [3.05, 3.63) is 28.2 Å². The van der Waals surface area contributed by atoms with E-state index in [9.17, 15) is 5.11 Å². The van der Waals surface area contributed by atoms with Gasteiger partial charge in [0.05, 0.1) is 17.7 Å². The van der Waals surface area contributed by atoms with Crippen molar-refractivity contribution in [2.24, 2.45) is 5.73 Å². The molecule has 3 nitrogen and oxygen atoms in total. The summed E-state index contributed by atoms with van der Waals surface area (Å²) in [5.41, 5.74) is 6.21. The Balaban J connectivity index is 2.85. The van der Waals surface area contributed by atoms with Gasteiger partial charge in [-0.05, 0) is 46.6 Å². The van der Waals surface area contributed by atoms with E-state index in [0.29, 0.717) is 13.0 Å². The minimum atomic E-state index is -0.498. The lowest BCUT2D eigenvalue weighted by Crippen LogP contribution is -2.06. The van der Waals surface area contributed by atoms with Crippen LogP contribution >= 0.6 is 15.9 Å². The van der Waals surface area contributed by atoms with Crippen LogP contribution in [0.25, 0.3) is 0 Å². The minimum Gasteiger partial charge on any atom is -0.496 e. The van der Waals surface area contributed by atoms with Crippen molar-refractivity contribution in [1.29, 1.82) is 0 Å². The number of halogens is 1. The lowest BCUT2D eigenvalue weighted by atomic mass is 10.1. The summed E-state index contributed by atoms with van der Waals surface area (Å²) >= 11 is 3.36. The second kappa shape index (κ2) is 5.34. The molecular weight excluding hydrogens is 246 g/mol. The van der Waals surface area contributed by atoms with Crippen LogP contribution in [0.1, 0.15) is 18.1 Å². The van der Waals surface area contributed by atoms with Crippen LogP contribution in [-0.2, 0) is 0 Å². The van der Waals surface area contributed by atoms with Crippen LogP contribution in [0.2, 0.25) is 0 Å². The largest absolute Gasteiger partial charge is 0.496 e. The number of aliphatic hydroxyl groups is 1. The molecule has 0 heterocycles. The van der Waals surface area contributed by atoms with Gasteiger partial charge in [-0.25, -0.2) is 0 Å².